The summed E-state index contributed by atoms with van der Waals surface area (Å²) in [6.45, 7) is 0. The first-order chi connectivity index (χ1) is 14.3. The van der Waals surface area contributed by atoms with Crippen LogP contribution >= 0.6 is 11.6 Å². The van der Waals surface area contributed by atoms with Crippen LogP contribution in [0, 0.1) is 0 Å². The highest BCUT2D eigenvalue weighted by atomic mass is 35.5. The third-order valence-corrected chi connectivity index (χ3v) is 4.34. The van der Waals surface area contributed by atoms with E-state index in [0.717, 1.165) is 38.8 Å². The van der Waals surface area contributed by atoms with Crippen LogP contribution in [0.15, 0.2) is 101 Å². The minimum Gasteiger partial charge on any atom is -0.418 e. The van der Waals surface area contributed by atoms with Gasteiger partial charge in [0, 0.05) is 10.6 Å². The molecule has 0 spiro atoms. The lowest BCUT2D eigenvalue weighted by atomic mass is 10.0. The normalized spacial score (nSPS) is 10.8. The minimum absolute atomic E-state index is 0.732. The Kier molecular flexibility index (Phi) is 6.90. The maximum atomic E-state index is 9.75. The molecule has 0 atom stereocenters. The molecule has 0 unspecified atom stereocenters. The second-order valence-corrected chi connectivity index (χ2v) is 6.74. The van der Waals surface area contributed by atoms with Gasteiger partial charge in [-0.15, -0.1) is 0 Å². The summed E-state index contributed by atoms with van der Waals surface area (Å²) in [7, 11) is -6.00. The zero-order chi connectivity index (χ0) is 21.6. The number of rotatable bonds is 3. The molecule has 0 aliphatic rings. The highest BCUT2D eigenvalue weighted by molar-refractivity contribution is 6.50. The summed E-state index contributed by atoms with van der Waals surface area (Å²) in [5, 5.41) is 0.732. The van der Waals surface area contributed by atoms with Crippen LogP contribution in [0.1, 0.15) is 0 Å². The van der Waals surface area contributed by atoms with E-state index in [-0.39, 0.29) is 0 Å². The van der Waals surface area contributed by atoms with E-state index in [1.165, 1.54) is 0 Å². The van der Waals surface area contributed by atoms with Crippen molar-refractivity contribution >= 4 is 18.9 Å². The molecule has 0 amide bonds. The number of hydrogen-bond donors (Lipinski definition) is 0. The topological polar surface area (TPSA) is 11.3 Å². The van der Waals surface area contributed by atoms with Gasteiger partial charge in [-0.2, -0.15) is 0 Å². The number of halogens is 5. The summed E-state index contributed by atoms with van der Waals surface area (Å²) in [6, 6.07) is 32.3. The van der Waals surface area contributed by atoms with Gasteiger partial charge in [0.2, 0.25) is 0 Å². The van der Waals surface area contributed by atoms with Crippen molar-refractivity contribution < 1.29 is 21.7 Å². The fourth-order valence-corrected chi connectivity index (χ4v) is 2.93. The molecule has 0 radical (unpaired) electrons. The number of benzene rings is 3. The van der Waals surface area contributed by atoms with Crippen molar-refractivity contribution in [2.45, 2.75) is 0 Å². The van der Waals surface area contributed by atoms with Gasteiger partial charge < -0.3 is 17.3 Å². The van der Waals surface area contributed by atoms with Gasteiger partial charge in [0.05, 0.1) is 23.3 Å². The van der Waals surface area contributed by atoms with Crippen LogP contribution in [0.4, 0.5) is 17.3 Å². The van der Waals surface area contributed by atoms with Crippen LogP contribution in [-0.2, 0) is 0 Å². The SMILES string of the molecule is Clc1ccc(-c2cc(-c3ccccc3)[o+]c(-c3ccccc3)c2)cc1.F[B-](F)(F)F. The van der Waals surface area contributed by atoms with Gasteiger partial charge in [-0.25, -0.2) is 4.42 Å². The predicted molar refractivity (Wildman–Crippen MR) is 115 cm³/mol. The molecule has 1 aromatic heterocycles. The summed E-state index contributed by atoms with van der Waals surface area (Å²) in [4.78, 5) is 0. The first-order valence-electron chi connectivity index (χ1n) is 9.02. The first kappa shape index (κ1) is 21.6. The van der Waals surface area contributed by atoms with Gasteiger partial charge >= 0.3 is 18.8 Å². The molecule has 0 fully saturated rings. The molecule has 1 nitrogen and oxygen atoms in total. The van der Waals surface area contributed by atoms with E-state index < -0.39 is 7.25 Å². The Morgan fingerprint density at radius 2 is 0.933 bits per heavy atom. The van der Waals surface area contributed by atoms with Crippen LogP contribution in [0.5, 0.6) is 0 Å². The second-order valence-electron chi connectivity index (χ2n) is 6.31. The zero-order valence-electron chi connectivity index (χ0n) is 15.6. The molecule has 0 saturated heterocycles. The molecule has 0 aliphatic carbocycles. The van der Waals surface area contributed by atoms with Gasteiger partial charge in [-0.3, -0.25) is 0 Å². The molecular formula is C23H16BClF4O. The quantitative estimate of drug-likeness (QED) is 0.180. The molecule has 1 heterocycles. The lowest BCUT2D eigenvalue weighted by Crippen LogP contribution is -2.02. The minimum atomic E-state index is -6.00. The van der Waals surface area contributed by atoms with E-state index in [1.54, 1.807) is 0 Å². The maximum Gasteiger partial charge on any atom is 0.673 e. The smallest absolute Gasteiger partial charge is 0.418 e. The Morgan fingerprint density at radius 3 is 1.33 bits per heavy atom. The van der Waals surface area contributed by atoms with Gasteiger partial charge in [-0.1, -0.05) is 60.1 Å². The number of hydrogen-bond acceptors (Lipinski definition) is 0. The summed E-state index contributed by atoms with van der Waals surface area (Å²) in [5.41, 5.74) is 4.31. The molecule has 7 heteroatoms. The van der Waals surface area contributed by atoms with Crippen LogP contribution in [0.3, 0.4) is 0 Å². The molecule has 30 heavy (non-hydrogen) atoms. The molecule has 4 rings (SSSR count). The van der Waals surface area contributed by atoms with Gasteiger partial charge in [0.15, 0.2) is 0 Å². The van der Waals surface area contributed by atoms with Crippen molar-refractivity contribution in [2.75, 3.05) is 0 Å². The molecule has 0 bridgehead atoms. The standard InChI is InChI=1S/C23H16ClO.BF4/c24-21-13-11-17(12-14-21)20-15-22(18-7-3-1-4-8-18)25-23(16-20)19-9-5-2-6-10-19;2-1(3,4)5/h1-16H;/q+1;-1. The third kappa shape index (κ3) is 6.46. The van der Waals surface area contributed by atoms with Crippen molar-refractivity contribution in [3.8, 4) is 33.8 Å². The zero-order valence-corrected chi connectivity index (χ0v) is 16.4. The Hall–Kier alpha value is -3.12. The first-order valence-corrected chi connectivity index (χ1v) is 9.40. The average Bonchev–Trinajstić information content (AvgIpc) is 2.74. The lowest BCUT2D eigenvalue weighted by molar-refractivity contribution is 0.368. The third-order valence-electron chi connectivity index (χ3n) is 4.09. The Bertz CT molecular complexity index is 1020. The van der Waals surface area contributed by atoms with E-state index in [2.05, 4.69) is 36.4 Å². The van der Waals surface area contributed by atoms with E-state index in [9.17, 15) is 17.3 Å². The summed E-state index contributed by atoms with van der Waals surface area (Å²) >= 11 is 6.03. The second kappa shape index (κ2) is 9.59. The summed E-state index contributed by atoms with van der Waals surface area (Å²) in [5.74, 6) is 1.68. The van der Waals surface area contributed by atoms with E-state index in [4.69, 9.17) is 16.0 Å². The Morgan fingerprint density at radius 1 is 0.533 bits per heavy atom. The van der Waals surface area contributed by atoms with Gasteiger partial charge in [-0.05, 0) is 42.0 Å². The molecule has 4 aromatic rings. The van der Waals surface area contributed by atoms with E-state index in [0.29, 0.717) is 0 Å². The lowest BCUT2D eigenvalue weighted by Gasteiger charge is -2.02. The maximum absolute atomic E-state index is 9.75. The van der Waals surface area contributed by atoms with E-state index >= 15 is 0 Å². The fraction of sp³-hybridized carbons (Fsp3) is 0. The van der Waals surface area contributed by atoms with Crippen molar-refractivity contribution in [3.63, 3.8) is 0 Å². The van der Waals surface area contributed by atoms with Crippen LogP contribution in [0.25, 0.3) is 33.8 Å². The van der Waals surface area contributed by atoms with Crippen molar-refractivity contribution in [2.24, 2.45) is 0 Å². The van der Waals surface area contributed by atoms with Crippen LogP contribution in [-0.4, -0.2) is 7.25 Å². The molecule has 0 aliphatic heterocycles. The average molecular weight is 431 g/mol. The van der Waals surface area contributed by atoms with Crippen molar-refractivity contribution in [1.82, 2.24) is 0 Å². The van der Waals surface area contributed by atoms with Gasteiger partial charge in [0.25, 0.3) is 0 Å². The molecule has 3 aromatic carbocycles. The van der Waals surface area contributed by atoms with E-state index in [1.807, 2.05) is 60.7 Å². The van der Waals surface area contributed by atoms with Crippen LogP contribution in [0.2, 0.25) is 5.02 Å². The van der Waals surface area contributed by atoms with Crippen molar-refractivity contribution in [3.05, 3.63) is 102 Å². The highest BCUT2D eigenvalue weighted by Crippen LogP contribution is 2.33. The summed E-state index contributed by atoms with van der Waals surface area (Å²) in [6.07, 6.45) is 0. The highest BCUT2D eigenvalue weighted by Gasteiger charge is 2.21. The Balaban J connectivity index is 0.000000461. The molecule has 0 saturated carbocycles. The molecule has 152 valence electrons. The van der Waals surface area contributed by atoms with Gasteiger partial charge in [0.1, 0.15) is 0 Å². The fourth-order valence-electron chi connectivity index (χ4n) is 2.80. The molecule has 0 N–H and O–H groups in total. The molecular weight excluding hydrogens is 415 g/mol. The summed E-state index contributed by atoms with van der Waals surface area (Å²) < 4.78 is 45.2. The largest absolute Gasteiger partial charge is 0.673 e. The Labute approximate surface area is 176 Å². The monoisotopic (exact) mass is 430 g/mol. The predicted octanol–water partition coefficient (Wildman–Crippen LogP) is 8.52. The van der Waals surface area contributed by atoms with Crippen LogP contribution < -0.4 is 0 Å². The van der Waals surface area contributed by atoms with Crippen molar-refractivity contribution in [1.29, 1.82) is 0 Å².